The van der Waals surface area contributed by atoms with Gasteiger partial charge in [-0.15, -0.1) is 0 Å². The fourth-order valence-electron chi connectivity index (χ4n) is 4.28. The van der Waals surface area contributed by atoms with Crippen molar-refractivity contribution in [3.8, 4) is 11.5 Å². The standard InChI is InChI=1S/C19H28N2O3/c1-23-16-7-8-17(18(11-16)24-2)20-19(22)13-21-10-9-14-5-3-4-6-15(14)12-21/h7-8,11,14-15H,3-6,9-10,12-13H2,1-2H3,(H,20,22)/p+1/t14-,15-/m1/s1. The highest BCUT2D eigenvalue weighted by Crippen LogP contribution is 2.32. The van der Waals surface area contributed by atoms with E-state index in [-0.39, 0.29) is 5.91 Å². The van der Waals surface area contributed by atoms with Crippen molar-refractivity contribution in [3.05, 3.63) is 18.2 Å². The molecule has 1 aromatic carbocycles. The molecular formula is C19H29N2O3+. The molecule has 5 nitrogen and oxygen atoms in total. The van der Waals surface area contributed by atoms with Crippen molar-refractivity contribution < 1.29 is 19.2 Å². The number of carbonyl (C=O) groups excluding carboxylic acids is 1. The Bertz CT molecular complexity index is 576. The number of nitrogens with one attached hydrogen (secondary N) is 2. The third-order valence-electron chi connectivity index (χ3n) is 5.58. The van der Waals surface area contributed by atoms with Crippen LogP contribution in [0.15, 0.2) is 18.2 Å². The number of quaternary nitrogens is 1. The smallest absolute Gasteiger partial charge is 0.279 e. The minimum atomic E-state index is 0.0581. The fourth-order valence-corrected chi connectivity index (χ4v) is 4.28. The molecular weight excluding hydrogens is 304 g/mol. The van der Waals surface area contributed by atoms with Crippen molar-refractivity contribution in [3.63, 3.8) is 0 Å². The van der Waals surface area contributed by atoms with E-state index in [1.165, 1.54) is 37.0 Å². The molecule has 1 aromatic rings. The first-order valence-electron chi connectivity index (χ1n) is 9.05. The van der Waals surface area contributed by atoms with Crippen LogP contribution in [-0.2, 0) is 4.79 Å². The predicted octanol–water partition coefficient (Wildman–Crippen LogP) is 1.74. The lowest BCUT2D eigenvalue weighted by atomic mass is 9.75. The number of ether oxygens (including phenoxy) is 2. The average Bonchev–Trinajstić information content (AvgIpc) is 2.62. The highest BCUT2D eigenvalue weighted by atomic mass is 16.5. The zero-order valence-electron chi connectivity index (χ0n) is 14.8. The fraction of sp³-hybridized carbons (Fsp3) is 0.632. The molecule has 0 spiro atoms. The molecule has 2 N–H and O–H groups in total. The number of fused-ring (bicyclic) bond motifs is 1. The van der Waals surface area contributed by atoms with Gasteiger partial charge in [-0.25, -0.2) is 0 Å². The van der Waals surface area contributed by atoms with Crippen molar-refractivity contribution in [2.45, 2.75) is 32.1 Å². The van der Waals surface area contributed by atoms with E-state index in [2.05, 4.69) is 5.32 Å². The summed E-state index contributed by atoms with van der Waals surface area (Å²) in [7, 11) is 3.22. The van der Waals surface area contributed by atoms with Crippen molar-refractivity contribution >= 4 is 11.6 Å². The summed E-state index contributed by atoms with van der Waals surface area (Å²) >= 11 is 0. The van der Waals surface area contributed by atoms with E-state index >= 15 is 0 Å². The summed E-state index contributed by atoms with van der Waals surface area (Å²) in [5.41, 5.74) is 0.704. The van der Waals surface area contributed by atoms with E-state index < -0.39 is 0 Å². The zero-order valence-corrected chi connectivity index (χ0v) is 14.8. The first-order chi connectivity index (χ1) is 11.7. The van der Waals surface area contributed by atoms with Crippen molar-refractivity contribution in [2.24, 2.45) is 11.8 Å². The summed E-state index contributed by atoms with van der Waals surface area (Å²) in [4.78, 5) is 13.9. The average molecular weight is 333 g/mol. The van der Waals surface area contributed by atoms with Gasteiger partial charge in [0.15, 0.2) is 6.54 Å². The number of methoxy groups -OCH3 is 2. The SMILES string of the molecule is COc1ccc(NC(=O)C[NH+]2CC[C@H]3CCCC[C@@H]3C2)c(OC)c1. The highest BCUT2D eigenvalue weighted by molar-refractivity contribution is 5.93. The maximum atomic E-state index is 12.4. The highest BCUT2D eigenvalue weighted by Gasteiger charge is 2.34. The van der Waals surface area contributed by atoms with Crippen LogP contribution in [0.5, 0.6) is 11.5 Å². The van der Waals surface area contributed by atoms with E-state index in [0.29, 0.717) is 18.0 Å². The van der Waals surface area contributed by atoms with Gasteiger partial charge in [0.25, 0.3) is 5.91 Å². The summed E-state index contributed by atoms with van der Waals surface area (Å²) in [6, 6.07) is 5.45. The van der Waals surface area contributed by atoms with Crippen molar-refractivity contribution in [1.82, 2.24) is 0 Å². The second kappa shape index (κ2) is 7.88. The molecule has 1 aliphatic heterocycles. The normalized spacial score (nSPS) is 26.3. The summed E-state index contributed by atoms with van der Waals surface area (Å²) in [6.45, 7) is 2.81. The van der Waals surface area contributed by atoms with Gasteiger partial charge in [-0.2, -0.15) is 0 Å². The number of carbonyl (C=O) groups is 1. The number of hydrogen-bond donors (Lipinski definition) is 2. The quantitative estimate of drug-likeness (QED) is 0.863. The van der Waals surface area contributed by atoms with Crippen molar-refractivity contribution in [2.75, 3.05) is 39.2 Å². The minimum Gasteiger partial charge on any atom is -0.497 e. The number of amides is 1. The molecule has 1 saturated carbocycles. The zero-order chi connectivity index (χ0) is 16.9. The predicted molar refractivity (Wildman–Crippen MR) is 93.8 cm³/mol. The van der Waals surface area contributed by atoms with Gasteiger partial charge in [0.2, 0.25) is 0 Å². The summed E-state index contributed by atoms with van der Waals surface area (Å²) in [5.74, 6) is 3.14. The first kappa shape index (κ1) is 17.1. The van der Waals surface area contributed by atoms with Crippen LogP contribution in [0.1, 0.15) is 32.1 Å². The molecule has 132 valence electrons. The third-order valence-corrected chi connectivity index (χ3v) is 5.58. The molecule has 1 unspecified atom stereocenters. The molecule has 1 amide bonds. The molecule has 3 rings (SSSR count). The van der Waals surface area contributed by atoms with Crippen LogP contribution in [0.3, 0.4) is 0 Å². The molecule has 1 aliphatic carbocycles. The Labute approximate surface area is 144 Å². The van der Waals surface area contributed by atoms with Crippen LogP contribution in [0, 0.1) is 11.8 Å². The Balaban J connectivity index is 1.56. The van der Waals surface area contributed by atoms with Crippen LogP contribution in [0.2, 0.25) is 0 Å². The number of piperidine rings is 1. The summed E-state index contributed by atoms with van der Waals surface area (Å²) in [6.07, 6.45) is 6.78. The van der Waals surface area contributed by atoms with Crippen LogP contribution in [-0.4, -0.2) is 39.8 Å². The first-order valence-corrected chi connectivity index (χ1v) is 9.05. The molecule has 0 bridgehead atoms. The van der Waals surface area contributed by atoms with Gasteiger partial charge in [0, 0.05) is 12.0 Å². The van der Waals surface area contributed by atoms with E-state index in [9.17, 15) is 4.79 Å². The number of benzene rings is 1. The van der Waals surface area contributed by atoms with E-state index in [4.69, 9.17) is 9.47 Å². The second-order valence-electron chi connectivity index (χ2n) is 7.09. The molecule has 24 heavy (non-hydrogen) atoms. The minimum absolute atomic E-state index is 0.0581. The van der Waals surface area contributed by atoms with Gasteiger partial charge in [0.05, 0.1) is 33.0 Å². The molecule has 5 heteroatoms. The number of likely N-dealkylation sites (tertiary alicyclic amines) is 1. The Morgan fingerprint density at radius 3 is 2.71 bits per heavy atom. The lowest BCUT2D eigenvalue weighted by Crippen LogP contribution is -3.15. The van der Waals surface area contributed by atoms with E-state index in [1.807, 2.05) is 12.1 Å². The van der Waals surface area contributed by atoms with E-state index in [1.54, 1.807) is 20.3 Å². The third kappa shape index (κ3) is 4.01. The maximum Gasteiger partial charge on any atom is 0.279 e. The van der Waals surface area contributed by atoms with Crippen LogP contribution >= 0.6 is 0 Å². The monoisotopic (exact) mass is 333 g/mol. The molecule has 0 aromatic heterocycles. The Morgan fingerprint density at radius 1 is 1.17 bits per heavy atom. The largest absolute Gasteiger partial charge is 0.497 e. The van der Waals surface area contributed by atoms with Gasteiger partial charge in [0.1, 0.15) is 11.5 Å². The molecule has 1 saturated heterocycles. The van der Waals surface area contributed by atoms with Gasteiger partial charge < -0.3 is 19.7 Å². The number of hydrogen-bond acceptors (Lipinski definition) is 3. The molecule has 2 aliphatic rings. The van der Waals surface area contributed by atoms with Gasteiger partial charge in [-0.1, -0.05) is 12.8 Å². The Kier molecular flexibility index (Phi) is 5.61. The van der Waals surface area contributed by atoms with Gasteiger partial charge >= 0.3 is 0 Å². The lowest BCUT2D eigenvalue weighted by Gasteiger charge is -2.38. The van der Waals surface area contributed by atoms with Crippen molar-refractivity contribution in [1.29, 1.82) is 0 Å². The summed E-state index contributed by atoms with van der Waals surface area (Å²) in [5, 5.41) is 2.99. The molecule has 1 heterocycles. The van der Waals surface area contributed by atoms with E-state index in [0.717, 1.165) is 30.7 Å². The van der Waals surface area contributed by atoms with Gasteiger partial charge in [-0.3, -0.25) is 4.79 Å². The topological polar surface area (TPSA) is 52.0 Å². The Morgan fingerprint density at radius 2 is 1.96 bits per heavy atom. The van der Waals surface area contributed by atoms with Gasteiger partial charge in [-0.05, 0) is 37.3 Å². The second-order valence-corrected chi connectivity index (χ2v) is 7.09. The Hall–Kier alpha value is -1.75. The lowest BCUT2D eigenvalue weighted by molar-refractivity contribution is -0.902. The molecule has 3 atom stereocenters. The molecule has 2 fully saturated rings. The number of anilines is 1. The maximum absolute atomic E-state index is 12.4. The van der Waals surface area contributed by atoms with Crippen LogP contribution in [0.4, 0.5) is 5.69 Å². The van der Waals surface area contributed by atoms with Crippen LogP contribution < -0.4 is 19.7 Å². The van der Waals surface area contributed by atoms with Crippen LogP contribution in [0.25, 0.3) is 0 Å². The number of rotatable bonds is 5. The summed E-state index contributed by atoms with van der Waals surface area (Å²) < 4.78 is 10.5. The molecule has 0 radical (unpaired) electrons.